The molecule has 0 aromatic heterocycles. The van der Waals surface area contributed by atoms with Gasteiger partial charge in [0, 0.05) is 5.02 Å². The van der Waals surface area contributed by atoms with Gasteiger partial charge in [0.05, 0.1) is 0 Å². The third-order valence-electron chi connectivity index (χ3n) is 3.06. The van der Waals surface area contributed by atoms with Gasteiger partial charge in [-0.3, -0.25) is 0 Å². The van der Waals surface area contributed by atoms with Gasteiger partial charge in [0.1, 0.15) is 11.5 Å². The topological polar surface area (TPSA) is 35.5 Å². The maximum absolute atomic E-state index is 11.8. The van der Waals surface area contributed by atoms with Gasteiger partial charge < -0.3 is 9.47 Å². The molecule has 0 bridgehead atoms. The van der Waals surface area contributed by atoms with Gasteiger partial charge in [-0.25, -0.2) is 4.79 Å². The fourth-order valence-corrected chi connectivity index (χ4v) is 2.03. The van der Waals surface area contributed by atoms with E-state index in [4.69, 9.17) is 21.1 Å². The van der Waals surface area contributed by atoms with E-state index in [0.29, 0.717) is 16.5 Å². The number of para-hydroxylation sites is 1. The Morgan fingerprint density at radius 1 is 1.19 bits per heavy atom. The third-order valence-corrected chi connectivity index (χ3v) is 3.48. The van der Waals surface area contributed by atoms with Crippen molar-refractivity contribution in [1.29, 1.82) is 0 Å². The number of carbonyl (C=O) groups is 1. The zero-order chi connectivity index (χ0) is 15.2. The molecule has 2 aromatic carbocycles. The molecule has 0 saturated heterocycles. The van der Waals surface area contributed by atoms with Crippen molar-refractivity contribution in [2.24, 2.45) is 0 Å². The van der Waals surface area contributed by atoms with E-state index in [9.17, 15) is 4.79 Å². The summed E-state index contributed by atoms with van der Waals surface area (Å²) >= 11 is 5.93. The van der Waals surface area contributed by atoms with Gasteiger partial charge in [-0.1, -0.05) is 36.7 Å². The zero-order valence-electron chi connectivity index (χ0n) is 12.1. The first-order valence-electron chi connectivity index (χ1n) is 6.77. The second kappa shape index (κ2) is 7.14. The van der Waals surface area contributed by atoms with Crippen LogP contribution < -0.4 is 9.47 Å². The van der Waals surface area contributed by atoms with Crippen LogP contribution >= 0.6 is 11.6 Å². The Balaban J connectivity index is 1.94. The minimum Gasteiger partial charge on any atom is -0.482 e. The lowest BCUT2D eigenvalue weighted by Crippen LogP contribution is -2.18. The van der Waals surface area contributed by atoms with Crippen LogP contribution in [0.25, 0.3) is 0 Å². The summed E-state index contributed by atoms with van der Waals surface area (Å²) in [5.74, 6) is 0.737. The Bertz CT molecular complexity index is 638. The lowest BCUT2D eigenvalue weighted by Gasteiger charge is -2.10. The van der Waals surface area contributed by atoms with Gasteiger partial charge >= 0.3 is 5.97 Å². The Labute approximate surface area is 129 Å². The van der Waals surface area contributed by atoms with Crippen LogP contribution in [0.1, 0.15) is 18.1 Å². The molecule has 0 aliphatic heterocycles. The highest BCUT2D eigenvalue weighted by Gasteiger charge is 2.09. The molecule has 0 N–H and O–H groups in total. The summed E-state index contributed by atoms with van der Waals surface area (Å²) in [5.41, 5.74) is 1.92. The Morgan fingerprint density at radius 2 is 1.95 bits per heavy atom. The summed E-state index contributed by atoms with van der Waals surface area (Å²) in [7, 11) is 0. The monoisotopic (exact) mass is 304 g/mol. The van der Waals surface area contributed by atoms with Crippen LogP contribution in [0.4, 0.5) is 0 Å². The predicted octanol–water partition coefficient (Wildman–Crippen LogP) is 4.20. The normalized spacial score (nSPS) is 10.2. The van der Waals surface area contributed by atoms with Gasteiger partial charge in [0.25, 0.3) is 0 Å². The van der Waals surface area contributed by atoms with Crippen LogP contribution in [0.15, 0.2) is 42.5 Å². The molecule has 0 aliphatic carbocycles. The number of benzene rings is 2. The quantitative estimate of drug-likeness (QED) is 0.613. The minimum absolute atomic E-state index is 0.126. The molecular weight excluding hydrogens is 288 g/mol. The lowest BCUT2D eigenvalue weighted by molar-refractivity contribution is -0.136. The van der Waals surface area contributed by atoms with Crippen molar-refractivity contribution in [3.63, 3.8) is 0 Å². The van der Waals surface area contributed by atoms with Gasteiger partial charge in [-0.2, -0.15) is 0 Å². The van der Waals surface area contributed by atoms with Crippen LogP contribution in [0.5, 0.6) is 11.5 Å². The molecule has 0 heterocycles. The van der Waals surface area contributed by atoms with Gasteiger partial charge in [0.15, 0.2) is 6.61 Å². The SMILES string of the molecule is CCc1ccccc1OCC(=O)Oc1ccc(Cl)c(C)c1. The molecule has 0 amide bonds. The molecule has 4 heteroatoms. The molecule has 110 valence electrons. The minimum atomic E-state index is -0.442. The fourth-order valence-electron chi connectivity index (χ4n) is 1.91. The van der Waals surface area contributed by atoms with Gasteiger partial charge in [-0.15, -0.1) is 0 Å². The average molecular weight is 305 g/mol. The number of ether oxygens (including phenoxy) is 2. The van der Waals surface area contributed by atoms with Crippen molar-refractivity contribution in [3.05, 3.63) is 58.6 Å². The van der Waals surface area contributed by atoms with Crippen LogP contribution in [0.3, 0.4) is 0 Å². The van der Waals surface area contributed by atoms with Crippen LogP contribution in [-0.2, 0) is 11.2 Å². The van der Waals surface area contributed by atoms with Crippen LogP contribution in [0, 0.1) is 6.92 Å². The third kappa shape index (κ3) is 4.23. The molecule has 0 spiro atoms. The van der Waals surface area contributed by atoms with Crippen molar-refractivity contribution < 1.29 is 14.3 Å². The Hall–Kier alpha value is -2.00. The molecular formula is C17H17ClO3. The number of halogens is 1. The van der Waals surface area contributed by atoms with Crippen molar-refractivity contribution in [3.8, 4) is 11.5 Å². The van der Waals surface area contributed by atoms with E-state index in [1.54, 1.807) is 18.2 Å². The highest BCUT2D eigenvalue weighted by atomic mass is 35.5. The molecule has 0 aliphatic rings. The highest BCUT2D eigenvalue weighted by Crippen LogP contribution is 2.21. The summed E-state index contributed by atoms with van der Waals surface area (Å²) < 4.78 is 10.7. The van der Waals surface area contributed by atoms with Crippen molar-refractivity contribution in [2.75, 3.05) is 6.61 Å². The first kappa shape index (κ1) is 15.4. The number of esters is 1. The van der Waals surface area contributed by atoms with Crippen molar-refractivity contribution >= 4 is 17.6 Å². The molecule has 0 unspecified atom stereocenters. The summed E-state index contributed by atoms with van der Waals surface area (Å²) in [6.07, 6.45) is 0.849. The first-order chi connectivity index (χ1) is 10.1. The van der Waals surface area contributed by atoms with Crippen molar-refractivity contribution in [2.45, 2.75) is 20.3 Å². The van der Waals surface area contributed by atoms with Gasteiger partial charge in [0.2, 0.25) is 0 Å². The first-order valence-corrected chi connectivity index (χ1v) is 7.15. The van der Waals surface area contributed by atoms with E-state index in [-0.39, 0.29) is 6.61 Å². The van der Waals surface area contributed by atoms with E-state index < -0.39 is 5.97 Å². The maximum Gasteiger partial charge on any atom is 0.349 e. The predicted molar refractivity (Wildman–Crippen MR) is 83.1 cm³/mol. The molecule has 0 atom stereocenters. The summed E-state index contributed by atoms with van der Waals surface area (Å²) in [6, 6.07) is 12.7. The smallest absolute Gasteiger partial charge is 0.349 e. The molecule has 0 saturated carbocycles. The Morgan fingerprint density at radius 3 is 2.67 bits per heavy atom. The van der Waals surface area contributed by atoms with E-state index >= 15 is 0 Å². The molecule has 0 fully saturated rings. The summed E-state index contributed by atoms with van der Waals surface area (Å²) in [4.78, 5) is 11.8. The van der Waals surface area contributed by atoms with E-state index in [0.717, 1.165) is 17.5 Å². The van der Waals surface area contributed by atoms with Crippen molar-refractivity contribution in [1.82, 2.24) is 0 Å². The fraction of sp³-hybridized carbons (Fsp3) is 0.235. The maximum atomic E-state index is 11.8. The van der Waals surface area contributed by atoms with E-state index in [1.165, 1.54) is 0 Å². The number of rotatable bonds is 5. The second-order valence-electron chi connectivity index (χ2n) is 4.64. The van der Waals surface area contributed by atoms with Crippen LogP contribution in [0.2, 0.25) is 5.02 Å². The molecule has 2 rings (SSSR count). The average Bonchev–Trinajstić information content (AvgIpc) is 2.49. The van der Waals surface area contributed by atoms with Gasteiger partial charge in [-0.05, 0) is 48.7 Å². The zero-order valence-corrected chi connectivity index (χ0v) is 12.8. The number of aryl methyl sites for hydroxylation is 2. The number of hydrogen-bond donors (Lipinski definition) is 0. The van der Waals surface area contributed by atoms with Crippen LogP contribution in [-0.4, -0.2) is 12.6 Å². The number of hydrogen-bond acceptors (Lipinski definition) is 3. The Kier molecular flexibility index (Phi) is 5.23. The molecule has 0 radical (unpaired) electrons. The summed E-state index contributed by atoms with van der Waals surface area (Å²) in [6.45, 7) is 3.77. The summed E-state index contributed by atoms with van der Waals surface area (Å²) in [5, 5.41) is 0.642. The lowest BCUT2D eigenvalue weighted by atomic mass is 10.1. The second-order valence-corrected chi connectivity index (χ2v) is 5.04. The van der Waals surface area contributed by atoms with E-state index in [2.05, 4.69) is 0 Å². The standard InChI is InChI=1S/C17H17ClO3/c1-3-13-6-4-5-7-16(13)20-11-17(19)21-14-8-9-15(18)12(2)10-14/h4-10H,3,11H2,1-2H3. The number of carbonyl (C=O) groups excluding carboxylic acids is 1. The molecule has 21 heavy (non-hydrogen) atoms. The largest absolute Gasteiger partial charge is 0.482 e. The highest BCUT2D eigenvalue weighted by molar-refractivity contribution is 6.31. The molecule has 3 nitrogen and oxygen atoms in total. The van der Waals surface area contributed by atoms with E-state index in [1.807, 2.05) is 38.1 Å². The molecule has 2 aromatic rings.